The van der Waals surface area contributed by atoms with E-state index in [2.05, 4.69) is 0 Å². The summed E-state index contributed by atoms with van der Waals surface area (Å²) in [6.45, 7) is -1.28. The van der Waals surface area contributed by atoms with Gasteiger partial charge in [-0.3, -0.25) is 13.9 Å². The molecule has 0 radical (unpaired) electrons. The van der Waals surface area contributed by atoms with Gasteiger partial charge in [-0.2, -0.15) is 0 Å². The molecule has 0 unspecified atom stereocenters. The Kier molecular flexibility index (Phi) is 6.63. The predicted molar refractivity (Wildman–Crippen MR) is 118 cm³/mol. The van der Waals surface area contributed by atoms with Crippen LogP contribution in [0.25, 0.3) is 0 Å². The lowest BCUT2D eigenvalue weighted by Gasteiger charge is -2.26. The maximum atomic E-state index is 15.8. The number of aliphatic hydroxyl groups excluding tert-OH is 1. The van der Waals surface area contributed by atoms with E-state index < -0.39 is 54.1 Å². The molecule has 1 saturated heterocycles. The van der Waals surface area contributed by atoms with Gasteiger partial charge in [0.05, 0.1) is 11.1 Å². The lowest BCUT2D eigenvalue weighted by molar-refractivity contribution is -0.207. The Bertz CT molecular complexity index is 1340. The highest BCUT2D eigenvalue weighted by Gasteiger charge is 2.61. The van der Waals surface area contributed by atoms with E-state index >= 15 is 4.39 Å². The molecule has 0 spiro atoms. The van der Waals surface area contributed by atoms with Crippen molar-refractivity contribution in [1.29, 1.82) is 0 Å². The number of hydrogen-bond acceptors (Lipinski definition) is 8. The van der Waals surface area contributed by atoms with Crippen molar-refractivity contribution in [2.24, 2.45) is 7.05 Å². The number of carbonyl (C=O) groups is 2. The molecule has 182 valence electrons. The van der Waals surface area contributed by atoms with E-state index in [0.717, 1.165) is 21.4 Å². The first-order valence-corrected chi connectivity index (χ1v) is 10.5. The lowest BCUT2D eigenvalue weighted by atomic mass is 10.1. The molecule has 2 heterocycles. The molecular formula is C24H21FN2O8. The standard InChI is InChI=1S/C24H21FN2O8/c1-26-17(29)12-13-27(23(26)32)20-18(33-21(30)15-8-4-2-5-9-15)19(24(25,14-28)35-20)34-22(31)16-10-6-3-7-11-16/h2-13,18-20,28H,14H2,1H3/t18-,19+,20-,24-/m1/s1. The highest BCUT2D eigenvalue weighted by atomic mass is 19.2. The summed E-state index contributed by atoms with van der Waals surface area (Å²) >= 11 is 0. The minimum atomic E-state index is -3.04. The fraction of sp³-hybridized carbons (Fsp3) is 0.250. The molecule has 0 saturated carbocycles. The molecule has 10 nitrogen and oxygen atoms in total. The van der Waals surface area contributed by atoms with Crippen LogP contribution in [0.4, 0.5) is 4.39 Å². The third-order valence-corrected chi connectivity index (χ3v) is 5.52. The van der Waals surface area contributed by atoms with E-state index in [9.17, 15) is 24.3 Å². The smallest absolute Gasteiger partial charge is 0.338 e. The largest absolute Gasteiger partial charge is 0.450 e. The normalized spacial score (nSPS) is 23.6. The van der Waals surface area contributed by atoms with Gasteiger partial charge in [-0.25, -0.2) is 18.8 Å². The second-order valence-corrected chi connectivity index (χ2v) is 7.78. The van der Waals surface area contributed by atoms with Crippen molar-refractivity contribution in [3.05, 3.63) is 105 Å². The summed E-state index contributed by atoms with van der Waals surface area (Å²) in [6.07, 6.45) is -4.30. The van der Waals surface area contributed by atoms with E-state index in [4.69, 9.17) is 14.2 Å². The van der Waals surface area contributed by atoms with Crippen LogP contribution < -0.4 is 11.2 Å². The Labute approximate surface area is 197 Å². The summed E-state index contributed by atoms with van der Waals surface area (Å²) in [5, 5.41) is 9.81. The first-order chi connectivity index (χ1) is 16.7. The van der Waals surface area contributed by atoms with Gasteiger partial charge < -0.3 is 19.3 Å². The van der Waals surface area contributed by atoms with E-state index in [1.54, 1.807) is 36.4 Å². The second kappa shape index (κ2) is 9.65. The van der Waals surface area contributed by atoms with Crippen LogP contribution in [0.1, 0.15) is 26.9 Å². The summed E-state index contributed by atoms with van der Waals surface area (Å²) in [5.74, 6) is -4.92. The first kappa shape index (κ1) is 24.0. The summed E-state index contributed by atoms with van der Waals surface area (Å²) in [6, 6.07) is 16.4. The molecule has 35 heavy (non-hydrogen) atoms. The number of aliphatic hydroxyl groups is 1. The van der Waals surface area contributed by atoms with Gasteiger partial charge in [0.15, 0.2) is 12.3 Å². The second-order valence-electron chi connectivity index (χ2n) is 7.78. The molecule has 0 bridgehead atoms. The number of aromatic nitrogens is 2. The minimum Gasteiger partial charge on any atom is -0.450 e. The highest BCUT2D eigenvalue weighted by molar-refractivity contribution is 5.90. The molecule has 1 aromatic heterocycles. The van der Waals surface area contributed by atoms with Crippen LogP contribution in [0.2, 0.25) is 0 Å². The maximum absolute atomic E-state index is 15.8. The summed E-state index contributed by atoms with van der Waals surface area (Å²) < 4.78 is 33.5. The highest BCUT2D eigenvalue weighted by Crippen LogP contribution is 2.41. The van der Waals surface area contributed by atoms with Gasteiger partial charge in [-0.1, -0.05) is 36.4 Å². The average molecular weight is 484 g/mol. The molecule has 1 aliphatic rings. The van der Waals surface area contributed by atoms with E-state index in [0.29, 0.717) is 0 Å². The van der Waals surface area contributed by atoms with E-state index in [-0.39, 0.29) is 11.1 Å². The van der Waals surface area contributed by atoms with Gasteiger partial charge in [-0.15, -0.1) is 0 Å². The number of carbonyl (C=O) groups excluding carboxylic acids is 2. The number of rotatable bonds is 6. The molecular weight excluding hydrogens is 463 g/mol. The van der Waals surface area contributed by atoms with E-state index in [1.807, 2.05) is 0 Å². The Morgan fingerprint density at radius 2 is 1.51 bits per heavy atom. The summed E-state index contributed by atoms with van der Waals surface area (Å²) in [7, 11) is 1.20. The number of nitrogens with zero attached hydrogens (tertiary/aromatic N) is 2. The fourth-order valence-electron chi connectivity index (χ4n) is 3.65. The zero-order valence-electron chi connectivity index (χ0n) is 18.4. The van der Waals surface area contributed by atoms with Crippen LogP contribution in [0.3, 0.4) is 0 Å². The van der Waals surface area contributed by atoms with Gasteiger partial charge in [0.1, 0.15) is 6.61 Å². The van der Waals surface area contributed by atoms with Gasteiger partial charge in [0.25, 0.3) is 11.4 Å². The maximum Gasteiger partial charge on any atom is 0.338 e. The van der Waals surface area contributed by atoms with Crippen LogP contribution >= 0.6 is 0 Å². The van der Waals surface area contributed by atoms with Gasteiger partial charge in [0, 0.05) is 19.3 Å². The number of esters is 2. The molecule has 2 aromatic carbocycles. The van der Waals surface area contributed by atoms with Crippen molar-refractivity contribution < 1.29 is 33.3 Å². The summed E-state index contributed by atoms with van der Waals surface area (Å²) in [4.78, 5) is 50.2. The van der Waals surface area contributed by atoms with Crippen LogP contribution in [0, 0.1) is 0 Å². The molecule has 0 aliphatic carbocycles. The van der Waals surface area contributed by atoms with Gasteiger partial charge >= 0.3 is 17.6 Å². The Morgan fingerprint density at radius 3 is 2.06 bits per heavy atom. The number of alkyl halides is 1. The first-order valence-electron chi connectivity index (χ1n) is 10.5. The van der Waals surface area contributed by atoms with Crippen LogP contribution in [0.5, 0.6) is 0 Å². The Hall–Kier alpha value is -4.09. The molecule has 0 amide bonds. The number of hydrogen-bond donors (Lipinski definition) is 1. The zero-order valence-corrected chi connectivity index (χ0v) is 18.4. The van der Waals surface area contributed by atoms with Crippen LogP contribution in [-0.2, 0) is 21.3 Å². The number of halogens is 1. The van der Waals surface area contributed by atoms with E-state index in [1.165, 1.54) is 31.3 Å². The molecule has 4 atom stereocenters. The third-order valence-electron chi connectivity index (χ3n) is 5.52. The molecule has 11 heteroatoms. The average Bonchev–Trinajstić information content (AvgIpc) is 3.15. The molecule has 1 N–H and O–H groups in total. The van der Waals surface area contributed by atoms with Gasteiger partial charge in [0.2, 0.25) is 6.10 Å². The van der Waals surface area contributed by atoms with Crippen molar-refractivity contribution in [2.45, 2.75) is 24.3 Å². The van der Waals surface area contributed by atoms with Crippen molar-refractivity contribution >= 4 is 11.9 Å². The molecule has 3 aromatic rings. The van der Waals surface area contributed by atoms with Crippen molar-refractivity contribution in [3.8, 4) is 0 Å². The quantitative estimate of drug-likeness (QED) is 0.517. The molecule has 4 rings (SSSR count). The van der Waals surface area contributed by atoms with Gasteiger partial charge in [-0.05, 0) is 24.3 Å². The molecule has 1 fully saturated rings. The van der Waals surface area contributed by atoms with Crippen molar-refractivity contribution in [1.82, 2.24) is 9.13 Å². The number of ether oxygens (including phenoxy) is 3. The summed E-state index contributed by atoms with van der Waals surface area (Å²) in [5.41, 5.74) is -1.36. The Morgan fingerprint density at radius 1 is 0.971 bits per heavy atom. The number of benzene rings is 2. The van der Waals surface area contributed by atoms with Crippen molar-refractivity contribution in [3.63, 3.8) is 0 Å². The zero-order chi connectivity index (χ0) is 25.2. The Balaban J connectivity index is 1.77. The van der Waals surface area contributed by atoms with Crippen LogP contribution in [-0.4, -0.2) is 50.8 Å². The lowest BCUT2D eigenvalue weighted by Crippen LogP contribution is -2.47. The SMILES string of the molecule is Cn1c(=O)ccn([C@@H]2O[C@](F)(CO)[C@@H](OC(=O)c3ccccc3)[C@H]2OC(=O)c2ccccc2)c1=O. The van der Waals surface area contributed by atoms with Crippen LogP contribution in [0.15, 0.2) is 82.5 Å². The monoisotopic (exact) mass is 484 g/mol. The van der Waals surface area contributed by atoms with Crippen molar-refractivity contribution in [2.75, 3.05) is 6.61 Å². The minimum absolute atomic E-state index is 0.0728. The third kappa shape index (κ3) is 4.63. The predicted octanol–water partition coefficient (Wildman–Crippen LogP) is 1.19. The molecule has 1 aliphatic heterocycles. The fourth-order valence-corrected chi connectivity index (χ4v) is 3.65. The topological polar surface area (TPSA) is 126 Å².